The van der Waals surface area contributed by atoms with Gasteiger partial charge < -0.3 is 25.5 Å². The van der Waals surface area contributed by atoms with Gasteiger partial charge in [-0.15, -0.1) is 0 Å². The Morgan fingerprint density at radius 2 is 2.11 bits per heavy atom. The van der Waals surface area contributed by atoms with Crippen LogP contribution >= 0.6 is 0 Å². The molecule has 2 aliphatic rings. The molecule has 2 atom stereocenters. The number of benzene rings is 2. The second-order valence-corrected chi connectivity index (χ2v) is 10.2. The average molecular weight is 480 g/mol. The molecule has 3 aromatic rings. The molecule has 4 N–H and O–H groups in total. The van der Waals surface area contributed by atoms with Crippen molar-refractivity contribution in [2.24, 2.45) is 11.7 Å². The lowest BCUT2D eigenvalue weighted by Gasteiger charge is -2.38. The number of ether oxygens (including phenoxy) is 2. The van der Waals surface area contributed by atoms with Crippen molar-refractivity contribution in [1.82, 2.24) is 10.3 Å². The normalized spacial score (nSPS) is 18.7. The Bertz CT molecular complexity index is 1220. The van der Waals surface area contributed by atoms with Gasteiger partial charge in [-0.1, -0.05) is 6.42 Å². The number of H-pyrrole nitrogens is 1. The second-order valence-electron chi connectivity index (χ2n) is 10.2. The smallest absolute Gasteiger partial charge is 0.249 e. The first-order valence-electron chi connectivity index (χ1n) is 12.7. The number of nitrogens with one attached hydrogen (secondary N) is 2. The predicted molar refractivity (Wildman–Crippen MR) is 135 cm³/mol. The maximum atomic E-state index is 13.8. The Balaban J connectivity index is 1.32. The number of fused-ring (bicyclic) bond motifs is 2. The van der Waals surface area contributed by atoms with Gasteiger partial charge >= 0.3 is 0 Å². The van der Waals surface area contributed by atoms with Gasteiger partial charge in [0.05, 0.1) is 6.10 Å². The fourth-order valence-corrected chi connectivity index (χ4v) is 5.41. The van der Waals surface area contributed by atoms with Crippen LogP contribution in [0, 0.1) is 11.7 Å². The maximum Gasteiger partial charge on any atom is 0.249 e. The van der Waals surface area contributed by atoms with Crippen LogP contribution in [0.5, 0.6) is 11.5 Å². The second kappa shape index (κ2) is 9.90. The summed E-state index contributed by atoms with van der Waals surface area (Å²) in [5.41, 5.74) is 9.10. The van der Waals surface area contributed by atoms with E-state index in [2.05, 4.69) is 10.3 Å². The van der Waals surface area contributed by atoms with Gasteiger partial charge in [-0.3, -0.25) is 4.79 Å². The molecule has 7 heteroatoms. The lowest BCUT2D eigenvalue weighted by molar-refractivity contribution is 0.0996. The van der Waals surface area contributed by atoms with Crippen LogP contribution in [0.15, 0.2) is 36.5 Å². The number of aryl methyl sites for hydroxylation is 1. The Labute approximate surface area is 205 Å². The highest BCUT2D eigenvalue weighted by molar-refractivity contribution is 5.95. The highest BCUT2D eigenvalue weighted by Crippen LogP contribution is 2.39. The van der Waals surface area contributed by atoms with Crippen molar-refractivity contribution in [3.63, 3.8) is 0 Å². The van der Waals surface area contributed by atoms with E-state index in [-0.39, 0.29) is 18.0 Å². The minimum absolute atomic E-state index is 0.000962. The summed E-state index contributed by atoms with van der Waals surface area (Å²) in [6.45, 7) is 4.44. The summed E-state index contributed by atoms with van der Waals surface area (Å²) >= 11 is 0. The van der Waals surface area contributed by atoms with Gasteiger partial charge in [0.15, 0.2) is 11.5 Å². The van der Waals surface area contributed by atoms with E-state index in [1.54, 1.807) is 24.3 Å². The fraction of sp³-hybridized carbons (Fsp3) is 0.464. The number of hydrogen-bond donors (Lipinski definition) is 3. The summed E-state index contributed by atoms with van der Waals surface area (Å²) in [5, 5.41) is 4.80. The van der Waals surface area contributed by atoms with E-state index < -0.39 is 5.91 Å². The van der Waals surface area contributed by atoms with Gasteiger partial charge in [0.1, 0.15) is 12.4 Å². The van der Waals surface area contributed by atoms with Crippen LogP contribution in [0.4, 0.5) is 4.39 Å². The zero-order valence-corrected chi connectivity index (χ0v) is 20.4. The third-order valence-corrected chi connectivity index (χ3v) is 7.35. The SMILES string of the molecule is CC(C)Oc1ccc(C(N)=O)c2c1OCC(NC(CCc1c[nH]c3ccc(F)cc13)C1CCC1)C2. The van der Waals surface area contributed by atoms with Crippen LogP contribution in [0.1, 0.15) is 61.0 Å². The zero-order valence-electron chi connectivity index (χ0n) is 20.4. The van der Waals surface area contributed by atoms with Gasteiger partial charge in [0.2, 0.25) is 5.91 Å². The highest BCUT2D eigenvalue weighted by Gasteiger charge is 2.33. The monoisotopic (exact) mass is 479 g/mol. The minimum Gasteiger partial charge on any atom is -0.488 e. The molecule has 0 saturated heterocycles. The van der Waals surface area contributed by atoms with Crippen molar-refractivity contribution < 1.29 is 18.7 Å². The van der Waals surface area contributed by atoms with Crippen LogP contribution in [0.25, 0.3) is 10.9 Å². The van der Waals surface area contributed by atoms with Crippen LogP contribution in [0.2, 0.25) is 0 Å². The molecule has 2 unspecified atom stereocenters. The number of primary amides is 1. The molecule has 1 fully saturated rings. The van der Waals surface area contributed by atoms with E-state index in [9.17, 15) is 9.18 Å². The Kier molecular flexibility index (Phi) is 6.69. The van der Waals surface area contributed by atoms with Crippen LogP contribution in [-0.2, 0) is 12.8 Å². The Morgan fingerprint density at radius 3 is 2.83 bits per heavy atom. The first-order valence-corrected chi connectivity index (χ1v) is 12.7. The van der Waals surface area contributed by atoms with Gasteiger partial charge in [0, 0.05) is 40.3 Å². The molecule has 1 aliphatic carbocycles. The number of carbonyl (C=O) groups excluding carboxylic acids is 1. The van der Waals surface area contributed by atoms with Crippen molar-refractivity contribution in [3.8, 4) is 11.5 Å². The number of amides is 1. The molecular formula is C28H34FN3O3. The first-order chi connectivity index (χ1) is 16.9. The molecule has 35 heavy (non-hydrogen) atoms. The first kappa shape index (κ1) is 23.7. The van der Waals surface area contributed by atoms with Crippen LogP contribution in [-0.4, -0.2) is 35.7 Å². The molecule has 1 aliphatic heterocycles. The summed E-state index contributed by atoms with van der Waals surface area (Å²) in [6.07, 6.45) is 8.15. The molecule has 1 aromatic heterocycles. The van der Waals surface area contributed by atoms with Crippen molar-refractivity contribution in [1.29, 1.82) is 0 Å². The highest BCUT2D eigenvalue weighted by atomic mass is 19.1. The zero-order chi connectivity index (χ0) is 24.5. The van der Waals surface area contributed by atoms with Gasteiger partial charge in [0.25, 0.3) is 0 Å². The Hall–Kier alpha value is -3.06. The minimum atomic E-state index is -0.455. The number of aromatic nitrogens is 1. The lowest BCUT2D eigenvalue weighted by Crippen LogP contribution is -2.49. The molecule has 0 spiro atoms. The molecular weight excluding hydrogens is 445 g/mol. The number of aromatic amines is 1. The number of rotatable bonds is 9. The van der Waals surface area contributed by atoms with Crippen molar-refractivity contribution >= 4 is 16.8 Å². The number of halogens is 1. The van der Waals surface area contributed by atoms with Gasteiger partial charge in [-0.05, 0) is 87.8 Å². The summed E-state index contributed by atoms with van der Waals surface area (Å²) in [4.78, 5) is 15.4. The lowest BCUT2D eigenvalue weighted by atomic mass is 9.77. The quantitative estimate of drug-likeness (QED) is 0.408. The molecule has 2 aromatic carbocycles. The third kappa shape index (κ3) is 5.01. The molecule has 5 rings (SSSR count). The van der Waals surface area contributed by atoms with Crippen molar-refractivity contribution in [2.75, 3.05) is 6.61 Å². The van der Waals surface area contributed by atoms with Crippen LogP contribution in [0.3, 0.4) is 0 Å². The number of nitrogens with two attached hydrogens (primary N) is 1. The predicted octanol–water partition coefficient (Wildman–Crippen LogP) is 4.89. The van der Waals surface area contributed by atoms with Gasteiger partial charge in [-0.25, -0.2) is 4.39 Å². The molecule has 1 amide bonds. The average Bonchev–Trinajstić information content (AvgIpc) is 3.17. The number of carbonyl (C=O) groups is 1. The summed E-state index contributed by atoms with van der Waals surface area (Å²) in [5.74, 6) is 1.24. The summed E-state index contributed by atoms with van der Waals surface area (Å²) in [6, 6.07) is 8.80. The molecule has 2 heterocycles. The third-order valence-electron chi connectivity index (χ3n) is 7.35. The van der Waals surface area contributed by atoms with E-state index >= 15 is 0 Å². The Morgan fingerprint density at radius 1 is 1.29 bits per heavy atom. The standard InChI is InChI=1S/C28H34FN3O3/c1-16(2)35-26-11-8-21(28(30)33)23-13-20(15-34-27(23)26)32-24(17-4-3-5-17)9-6-18-14-31-25-10-7-19(29)12-22(18)25/h7-8,10-12,14,16-17,20,24,31-32H,3-6,9,13,15H2,1-2H3,(H2,30,33). The summed E-state index contributed by atoms with van der Waals surface area (Å²) in [7, 11) is 0. The van der Waals surface area contributed by atoms with E-state index in [0.717, 1.165) is 34.9 Å². The van der Waals surface area contributed by atoms with Crippen molar-refractivity contribution in [3.05, 3.63) is 59.0 Å². The largest absolute Gasteiger partial charge is 0.488 e. The van der Waals surface area contributed by atoms with E-state index in [4.69, 9.17) is 15.2 Å². The van der Waals surface area contributed by atoms with E-state index in [1.165, 1.54) is 25.3 Å². The maximum absolute atomic E-state index is 13.8. The van der Waals surface area contributed by atoms with Crippen molar-refractivity contribution in [2.45, 2.75) is 70.6 Å². The van der Waals surface area contributed by atoms with E-state index in [1.807, 2.05) is 20.0 Å². The topological polar surface area (TPSA) is 89.4 Å². The fourth-order valence-electron chi connectivity index (χ4n) is 5.41. The number of hydrogen-bond acceptors (Lipinski definition) is 4. The van der Waals surface area contributed by atoms with Crippen LogP contribution < -0.4 is 20.5 Å². The molecule has 0 bridgehead atoms. The molecule has 186 valence electrons. The molecule has 0 radical (unpaired) electrons. The van der Waals surface area contributed by atoms with Gasteiger partial charge in [-0.2, -0.15) is 0 Å². The molecule has 1 saturated carbocycles. The summed E-state index contributed by atoms with van der Waals surface area (Å²) < 4.78 is 25.9. The van der Waals surface area contributed by atoms with E-state index in [0.29, 0.717) is 42.0 Å². The molecule has 6 nitrogen and oxygen atoms in total.